The molecule has 2 aliphatic rings. The number of nitrogens with zero attached hydrogens (tertiary/aromatic N) is 2. The van der Waals surface area contributed by atoms with E-state index in [0.717, 1.165) is 37.2 Å². The summed E-state index contributed by atoms with van der Waals surface area (Å²) in [5, 5.41) is 11.7. The smallest absolute Gasteiger partial charge is 0.416 e. The molecule has 0 saturated carbocycles. The van der Waals surface area contributed by atoms with Gasteiger partial charge in [0.25, 0.3) is 11.6 Å². The van der Waals surface area contributed by atoms with E-state index in [9.17, 15) is 18.3 Å². The van der Waals surface area contributed by atoms with Crippen molar-refractivity contribution in [2.45, 2.75) is 37.6 Å². The van der Waals surface area contributed by atoms with Gasteiger partial charge in [-0.1, -0.05) is 6.07 Å². The maximum Gasteiger partial charge on any atom is 0.416 e. The molecule has 2 heterocycles. The Bertz CT molecular complexity index is 924. The van der Waals surface area contributed by atoms with Crippen molar-refractivity contribution in [3.05, 3.63) is 59.7 Å². The van der Waals surface area contributed by atoms with E-state index in [0.29, 0.717) is 30.0 Å². The lowest BCUT2D eigenvalue weighted by atomic mass is 10.0. The van der Waals surface area contributed by atoms with Crippen LogP contribution in [0.25, 0.3) is 0 Å². The Morgan fingerprint density at radius 1 is 1.07 bits per heavy atom. The molecule has 0 amide bonds. The molecule has 2 aliphatic heterocycles. The van der Waals surface area contributed by atoms with Gasteiger partial charge in [-0.25, -0.2) is 9.48 Å². The van der Waals surface area contributed by atoms with Crippen LogP contribution in [0.3, 0.4) is 0 Å². The fourth-order valence-corrected chi connectivity index (χ4v) is 4.27. The minimum atomic E-state index is -4.41. The number of ether oxygens (including phenoxy) is 1. The average molecular weight is 405 g/mol. The third-order valence-electron chi connectivity index (χ3n) is 5.77. The van der Waals surface area contributed by atoms with Crippen LogP contribution in [0.4, 0.5) is 18.9 Å². The molecule has 2 aromatic carbocycles. The second-order valence-corrected chi connectivity index (χ2v) is 7.56. The maximum atomic E-state index is 13.2. The minimum absolute atomic E-state index is 0.177. The molecule has 0 radical (unpaired) electrons. The monoisotopic (exact) mass is 405 g/mol. The van der Waals surface area contributed by atoms with Crippen molar-refractivity contribution in [3.63, 3.8) is 0 Å². The Morgan fingerprint density at radius 3 is 2.52 bits per heavy atom. The van der Waals surface area contributed by atoms with Crippen LogP contribution in [-0.2, 0) is 11.9 Å². The number of amidine groups is 1. The normalized spacial score (nSPS) is 22.4. The number of aliphatic hydroxyl groups is 1. The predicted molar refractivity (Wildman–Crippen MR) is 104 cm³/mol. The molecule has 4 rings (SSSR count). The molecule has 154 valence electrons. The fraction of sp³-hybridized carbons (Fsp3) is 0.409. The van der Waals surface area contributed by atoms with E-state index < -0.39 is 17.5 Å². The summed E-state index contributed by atoms with van der Waals surface area (Å²) in [6.07, 6.45) is -0.794. The van der Waals surface area contributed by atoms with Crippen LogP contribution >= 0.6 is 0 Å². The Kier molecular flexibility index (Phi) is 5.02. The van der Waals surface area contributed by atoms with Gasteiger partial charge in [0.15, 0.2) is 6.54 Å². The van der Waals surface area contributed by atoms with Crippen LogP contribution < -0.4 is 9.64 Å². The van der Waals surface area contributed by atoms with Crippen LogP contribution in [0.15, 0.2) is 48.5 Å². The standard InChI is InChI=1S/C22H24F3N2O2/c1-29-19-11-9-16(10-12-19)21(28)15-26(20-8-3-2-4-13-27(20)21)18-7-5-6-17(14-18)22(23,24)25/h5-7,9-12,14,28H,2-4,8,13,15H2,1H3/q+1. The van der Waals surface area contributed by atoms with Crippen LogP contribution in [0.1, 0.15) is 36.8 Å². The molecule has 0 aromatic heterocycles. The SMILES string of the molecule is COc1ccc(C2(O)CN(c3cccc(C(F)(F)F)c3)C3=[N+]2CCCCC3)cc1. The van der Waals surface area contributed by atoms with Crippen LogP contribution in [0.5, 0.6) is 5.75 Å². The lowest BCUT2D eigenvalue weighted by Crippen LogP contribution is -2.41. The van der Waals surface area contributed by atoms with Crippen molar-refractivity contribution in [3.8, 4) is 5.75 Å². The van der Waals surface area contributed by atoms with Crippen molar-refractivity contribution in [1.29, 1.82) is 0 Å². The van der Waals surface area contributed by atoms with Crippen LogP contribution in [-0.4, -0.2) is 35.7 Å². The number of benzene rings is 2. The van der Waals surface area contributed by atoms with Crippen molar-refractivity contribution in [2.75, 3.05) is 25.1 Å². The van der Waals surface area contributed by atoms with Gasteiger partial charge in [0.05, 0.1) is 19.2 Å². The first-order chi connectivity index (χ1) is 13.8. The highest BCUT2D eigenvalue weighted by Gasteiger charge is 2.52. The third kappa shape index (κ3) is 3.59. The van der Waals surface area contributed by atoms with Gasteiger partial charge in [-0.05, 0) is 61.7 Å². The molecule has 0 bridgehead atoms. The molecule has 2 aromatic rings. The summed E-state index contributed by atoms with van der Waals surface area (Å²) in [6, 6.07) is 12.5. The van der Waals surface area contributed by atoms with Crippen LogP contribution in [0.2, 0.25) is 0 Å². The molecule has 0 spiro atoms. The lowest BCUT2D eigenvalue weighted by molar-refractivity contribution is -0.658. The van der Waals surface area contributed by atoms with E-state index in [1.165, 1.54) is 6.07 Å². The van der Waals surface area contributed by atoms with Crippen LogP contribution in [0, 0.1) is 0 Å². The van der Waals surface area contributed by atoms with Gasteiger partial charge in [-0.15, -0.1) is 0 Å². The number of hydrogen-bond donors (Lipinski definition) is 1. The van der Waals surface area contributed by atoms with Gasteiger partial charge in [0.2, 0.25) is 0 Å². The van der Waals surface area contributed by atoms with E-state index >= 15 is 0 Å². The fourth-order valence-electron chi connectivity index (χ4n) is 4.27. The Morgan fingerprint density at radius 2 is 1.83 bits per heavy atom. The Hall–Kier alpha value is -2.54. The summed E-state index contributed by atoms with van der Waals surface area (Å²) in [5.41, 5.74) is -0.839. The van der Waals surface area contributed by atoms with Crippen molar-refractivity contribution in [1.82, 2.24) is 0 Å². The van der Waals surface area contributed by atoms with Crippen molar-refractivity contribution in [2.24, 2.45) is 0 Å². The highest BCUT2D eigenvalue weighted by atomic mass is 19.4. The molecule has 1 atom stereocenters. The quantitative estimate of drug-likeness (QED) is 0.771. The highest BCUT2D eigenvalue weighted by Crippen LogP contribution is 2.38. The molecule has 7 heteroatoms. The number of halogens is 3. The molecular formula is C22H24F3N2O2+. The second-order valence-electron chi connectivity index (χ2n) is 7.56. The second kappa shape index (κ2) is 7.37. The lowest BCUT2D eigenvalue weighted by Gasteiger charge is -2.23. The minimum Gasteiger partial charge on any atom is -0.497 e. The molecule has 0 fully saturated rings. The molecule has 0 saturated heterocycles. The van der Waals surface area contributed by atoms with Gasteiger partial charge in [-0.2, -0.15) is 13.2 Å². The van der Waals surface area contributed by atoms with E-state index in [2.05, 4.69) is 0 Å². The predicted octanol–water partition coefficient (Wildman–Crippen LogP) is 4.36. The zero-order valence-electron chi connectivity index (χ0n) is 16.2. The molecule has 1 N–H and O–H groups in total. The molecule has 0 aliphatic carbocycles. The number of anilines is 1. The summed E-state index contributed by atoms with van der Waals surface area (Å²) in [5.74, 6) is 1.56. The summed E-state index contributed by atoms with van der Waals surface area (Å²) in [4.78, 5) is 1.84. The van der Waals surface area contributed by atoms with Crippen molar-refractivity contribution >= 4 is 11.5 Å². The average Bonchev–Trinajstić information content (AvgIpc) is 2.87. The Balaban J connectivity index is 1.78. The summed E-state index contributed by atoms with van der Waals surface area (Å²) in [7, 11) is 1.58. The zero-order chi connectivity index (χ0) is 20.6. The molecular weight excluding hydrogens is 381 g/mol. The van der Waals surface area contributed by atoms with Gasteiger partial charge in [0.1, 0.15) is 11.4 Å². The number of rotatable bonds is 3. The number of methoxy groups -OCH3 is 1. The van der Waals surface area contributed by atoms with Gasteiger partial charge < -0.3 is 9.84 Å². The van der Waals surface area contributed by atoms with Crippen molar-refractivity contribution < 1.29 is 27.6 Å². The number of β-amino-alcohol motifs (C(OH)–C–C–N with tert-alkyl or cyclic N) is 1. The van der Waals surface area contributed by atoms with E-state index in [-0.39, 0.29) is 6.54 Å². The van der Waals surface area contributed by atoms with E-state index in [1.807, 2.05) is 21.6 Å². The van der Waals surface area contributed by atoms with Gasteiger partial charge in [0, 0.05) is 12.0 Å². The van der Waals surface area contributed by atoms with E-state index in [4.69, 9.17) is 4.74 Å². The molecule has 4 nitrogen and oxygen atoms in total. The largest absolute Gasteiger partial charge is 0.497 e. The maximum absolute atomic E-state index is 13.2. The third-order valence-corrected chi connectivity index (χ3v) is 5.77. The first-order valence-corrected chi connectivity index (χ1v) is 9.78. The van der Waals surface area contributed by atoms with Gasteiger partial charge in [-0.3, -0.25) is 0 Å². The molecule has 1 unspecified atom stereocenters. The van der Waals surface area contributed by atoms with Gasteiger partial charge >= 0.3 is 6.18 Å². The number of alkyl halides is 3. The first kappa shape index (κ1) is 19.8. The summed E-state index contributed by atoms with van der Waals surface area (Å²) < 4.78 is 46.9. The summed E-state index contributed by atoms with van der Waals surface area (Å²) >= 11 is 0. The highest BCUT2D eigenvalue weighted by molar-refractivity contribution is 5.96. The zero-order valence-corrected chi connectivity index (χ0v) is 16.2. The van der Waals surface area contributed by atoms with E-state index in [1.54, 1.807) is 25.3 Å². The first-order valence-electron chi connectivity index (χ1n) is 9.78. The molecule has 29 heavy (non-hydrogen) atoms. The Labute approximate surface area is 167 Å². The summed E-state index contributed by atoms with van der Waals surface area (Å²) in [6.45, 7) is 0.837. The topological polar surface area (TPSA) is 35.7 Å². The number of hydrogen-bond acceptors (Lipinski definition) is 3.